The van der Waals surface area contributed by atoms with E-state index in [0.29, 0.717) is 11.5 Å². The van der Waals surface area contributed by atoms with Crippen molar-refractivity contribution in [3.05, 3.63) is 35.9 Å². The third kappa shape index (κ3) is 3.03. The van der Waals surface area contributed by atoms with Gasteiger partial charge < -0.3 is 10.1 Å². The molecule has 1 aliphatic rings. The number of hydrogen-bond acceptors (Lipinski definition) is 3. The lowest BCUT2D eigenvalue weighted by molar-refractivity contribution is 0.0601. The Morgan fingerprint density at radius 2 is 2.00 bits per heavy atom. The lowest BCUT2D eigenvalue weighted by Crippen LogP contribution is -2.10. The molecule has 0 saturated heterocycles. The highest BCUT2D eigenvalue weighted by Crippen LogP contribution is 2.37. The maximum atomic E-state index is 11.6. The van der Waals surface area contributed by atoms with Crippen LogP contribution in [0.1, 0.15) is 48.0 Å². The number of methoxy groups -OCH3 is 1. The molecule has 1 aromatic rings. The summed E-state index contributed by atoms with van der Waals surface area (Å²) in [6.45, 7) is 4.30. The predicted octanol–water partition coefficient (Wildman–Crippen LogP) is 4.11. The van der Waals surface area contributed by atoms with E-state index >= 15 is 0 Å². The van der Waals surface area contributed by atoms with Gasteiger partial charge >= 0.3 is 5.97 Å². The fourth-order valence-corrected chi connectivity index (χ4v) is 2.95. The van der Waals surface area contributed by atoms with Crippen molar-refractivity contribution in [3.8, 4) is 0 Å². The summed E-state index contributed by atoms with van der Waals surface area (Å²) in [6, 6.07) is 5.64. The molecule has 0 aliphatic heterocycles. The van der Waals surface area contributed by atoms with Crippen LogP contribution in [0.2, 0.25) is 0 Å². The van der Waals surface area contributed by atoms with E-state index in [2.05, 4.69) is 11.9 Å². The third-order valence-electron chi connectivity index (χ3n) is 4.15. The second-order valence-corrected chi connectivity index (χ2v) is 5.36. The van der Waals surface area contributed by atoms with Crippen molar-refractivity contribution in [2.24, 2.45) is 5.92 Å². The molecule has 0 radical (unpaired) electrons. The zero-order valence-electron chi connectivity index (χ0n) is 12.4. The Balaban J connectivity index is 2.26. The first kappa shape index (κ1) is 14.6. The van der Waals surface area contributed by atoms with Gasteiger partial charge in [0.2, 0.25) is 0 Å². The van der Waals surface area contributed by atoms with Crippen LogP contribution in [0.3, 0.4) is 0 Å². The first-order valence-corrected chi connectivity index (χ1v) is 7.26. The quantitative estimate of drug-likeness (QED) is 0.839. The second kappa shape index (κ2) is 6.60. The van der Waals surface area contributed by atoms with E-state index in [9.17, 15) is 4.79 Å². The highest BCUT2D eigenvalue weighted by atomic mass is 16.5. The van der Waals surface area contributed by atoms with Crippen LogP contribution < -0.4 is 5.32 Å². The largest absolute Gasteiger partial charge is 0.465 e. The minimum absolute atomic E-state index is 0.309. The smallest absolute Gasteiger partial charge is 0.337 e. The molecule has 0 atom stereocenters. The molecular weight excluding hydrogens is 250 g/mol. The summed E-state index contributed by atoms with van der Waals surface area (Å²) in [5, 5.41) is 3.17. The first-order chi connectivity index (χ1) is 9.67. The van der Waals surface area contributed by atoms with Gasteiger partial charge in [-0.2, -0.15) is 0 Å². The van der Waals surface area contributed by atoms with Gasteiger partial charge in [0.15, 0.2) is 0 Å². The monoisotopic (exact) mass is 273 g/mol. The minimum Gasteiger partial charge on any atom is -0.465 e. The molecule has 20 heavy (non-hydrogen) atoms. The Morgan fingerprint density at radius 3 is 2.60 bits per heavy atom. The molecule has 0 unspecified atom stereocenters. The SMILES string of the molecule is C=C(c1ccc(C(=O)OC)cc1NC)C1CCCCC1. The second-order valence-electron chi connectivity index (χ2n) is 5.36. The Hall–Kier alpha value is -1.77. The Morgan fingerprint density at radius 1 is 1.30 bits per heavy atom. The molecule has 1 aromatic carbocycles. The maximum absolute atomic E-state index is 11.6. The van der Waals surface area contributed by atoms with E-state index in [1.165, 1.54) is 44.8 Å². The van der Waals surface area contributed by atoms with Gasteiger partial charge in [-0.1, -0.05) is 31.9 Å². The molecule has 108 valence electrons. The summed E-state index contributed by atoms with van der Waals surface area (Å²) in [7, 11) is 3.27. The Kier molecular flexibility index (Phi) is 4.83. The van der Waals surface area contributed by atoms with E-state index in [4.69, 9.17) is 4.74 Å². The van der Waals surface area contributed by atoms with Crippen LogP contribution in [0.15, 0.2) is 24.8 Å². The molecule has 0 amide bonds. The number of allylic oxidation sites excluding steroid dienone is 1. The molecule has 0 heterocycles. The summed E-state index contributed by atoms with van der Waals surface area (Å²) in [6.07, 6.45) is 6.36. The number of carbonyl (C=O) groups is 1. The molecule has 1 N–H and O–H groups in total. The molecular formula is C17H23NO2. The molecule has 2 rings (SSSR count). The van der Waals surface area contributed by atoms with Gasteiger partial charge in [-0.3, -0.25) is 0 Å². The first-order valence-electron chi connectivity index (χ1n) is 7.26. The summed E-state index contributed by atoms with van der Waals surface area (Å²) >= 11 is 0. The van der Waals surface area contributed by atoms with Crippen LogP contribution in [0, 0.1) is 5.92 Å². The molecule has 3 nitrogen and oxygen atoms in total. The normalized spacial score (nSPS) is 15.7. The number of rotatable bonds is 4. The van der Waals surface area contributed by atoms with Crippen LogP contribution in [-0.2, 0) is 4.74 Å². The van der Waals surface area contributed by atoms with Gasteiger partial charge in [0.05, 0.1) is 12.7 Å². The van der Waals surface area contributed by atoms with Crippen molar-refractivity contribution >= 4 is 17.2 Å². The molecule has 0 spiro atoms. The van der Waals surface area contributed by atoms with E-state index in [0.717, 1.165) is 11.3 Å². The van der Waals surface area contributed by atoms with Crippen molar-refractivity contribution in [2.45, 2.75) is 32.1 Å². The van der Waals surface area contributed by atoms with E-state index in [-0.39, 0.29) is 5.97 Å². The number of carbonyl (C=O) groups excluding carboxylic acids is 1. The van der Waals surface area contributed by atoms with E-state index in [1.807, 2.05) is 25.2 Å². The summed E-state index contributed by atoms with van der Waals surface area (Å²) in [5.41, 5.74) is 3.82. The minimum atomic E-state index is -0.309. The van der Waals surface area contributed by atoms with Gasteiger partial charge in [-0.15, -0.1) is 0 Å². The number of anilines is 1. The number of hydrogen-bond donors (Lipinski definition) is 1. The topological polar surface area (TPSA) is 38.3 Å². The average Bonchev–Trinajstić information content (AvgIpc) is 2.53. The number of ether oxygens (including phenoxy) is 1. The number of esters is 1. The van der Waals surface area contributed by atoms with Gasteiger partial charge in [0, 0.05) is 18.3 Å². The van der Waals surface area contributed by atoms with E-state index < -0.39 is 0 Å². The maximum Gasteiger partial charge on any atom is 0.337 e. The van der Waals surface area contributed by atoms with Crippen LogP contribution in [0.4, 0.5) is 5.69 Å². The highest BCUT2D eigenvalue weighted by Gasteiger charge is 2.20. The highest BCUT2D eigenvalue weighted by molar-refractivity contribution is 5.92. The van der Waals surface area contributed by atoms with E-state index in [1.54, 1.807) is 0 Å². The molecule has 3 heteroatoms. The summed E-state index contributed by atoms with van der Waals surface area (Å²) in [4.78, 5) is 11.6. The standard InChI is InChI=1S/C17H23NO2/c1-12(13-7-5-4-6-8-13)15-10-9-14(17(19)20-3)11-16(15)18-2/h9-11,13,18H,1,4-8H2,2-3H3. The lowest BCUT2D eigenvalue weighted by atomic mass is 9.81. The fourth-order valence-electron chi connectivity index (χ4n) is 2.95. The molecule has 1 fully saturated rings. The summed E-state index contributed by atoms with van der Waals surface area (Å²) in [5.74, 6) is 0.260. The molecule has 1 saturated carbocycles. The average molecular weight is 273 g/mol. The Labute approximate surface area is 121 Å². The lowest BCUT2D eigenvalue weighted by Gasteiger charge is -2.25. The zero-order chi connectivity index (χ0) is 14.5. The fraction of sp³-hybridized carbons (Fsp3) is 0.471. The van der Waals surface area contributed by atoms with Crippen LogP contribution >= 0.6 is 0 Å². The van der Waals surface area contributed by atoms with Crippen molar-refractivity contribution < 1.29 is 9.53 Å². The van der Waals surface area contributed by atoms with Crippen LogP contribution in [0.25, 0.3) is 5.57 Å². The third-order valence-corrected chi connectivity index (χ3v) is 4.15. The molecule has 0 bridgehead atoms. The number of nitrogens with one attached hydrogen (secondary N) is 1. The number of benzene rings is 1. The zero-order valence-corrected chi connectivity index (χ0v) is 12.4. The van der Waals surface area contributed by atoms with Crippen molar-refractivity contribution in [2.75, 3.05) is 19.5 Å². The van der Waals surface area contributed by atoms with Gasteiger partial charge in [-0.25, -0.2) is 4.79 Å². The molecule has 1 aliphatic carbocycles. The van der Waals surface area contributed by atoms with Gasteiger partial charge in [-0.05, 0) is 36.5 Å². The van der Waals surface area contributed by atoms with Crippen LogP contribution in [0.5, 0.6) is 0 Å². The summed E-state index contributed by atoms with van der Waals surface area (Å²) < 4.78 is 4.76. The molecule has 0 aromatic heterocycles. The van der Waals surface area contributed by atoms with Crippen molar-refractivity contribution in [3.63, 3.8) is 0 Å². The van der Waals surface area contributed by atoms with Gasteiger partial charge in [0.25, 0.3) is 0 Å². The predicted molar refractivity (Wildman–Crippen MR) is 82.9 cm³/mol. The van der Waals surface area contributed by atoms with Gasteiger partial charge in [0.1, 0.15) is 0 Å². The van der Waals surface area contributed by atoms with Crippen LogP contribution in [-0.4, -0.2) is 20.1 Å². The van der Waals surface area contributed by atoms with Crippen molar-refractivity contribution in [1.29, 1.82) is 0 Å². The van der Waals surface area contributed by atoms with Crippen molar-refractivity contribution in [1.82, 2.24) is 0 Å². The Bertz CT molecular complexity index is 502.